The zero-order chi connectivity index (χ0) is 8.97. The molecule has 0 fully saturated rings. The molecule has 0 spiro atoms. The van der Waals surface area contributed by atoms with Gasteiger partial charge in [0.1, 0.15) is 0 Å². The van der Waals surface area contributed by atoms with Crippen molar-refractivity contribution in [1.29, 1.82) is 0 Å². The molecule has 1 nitrogen and oxygen atoms in total. The fourth-order valence-electron chi connectivity index (χ4n) is 0.754. The van der Waals surface area contributed by atoms with Crippen LogP contribution in [-0.2, 0) is 11.2 Å². The average molecular weight is 221 g/mol. The van der Waals surface area contributed by atoms with Gasteiger partial charge in [0.2, 0.25) is 5.24 Å². The van der Waals surface area contributed by atoms with Gasteiger partial charge >= 0.3 is 0 Å². The van der Waals surface area contributed by atoms with Gasteiger partial charge < -0.3 is 0 Å². The molecule has 0 atom stereocenters. The number of hydrogen-bond donors (Lipinski definition) is 0. The van der Waals surface area contributed by atoms with E-state index in [0.29, 0.717) is 5.75 Å². The van der Waals surface area contributed by atoms with Crippen molar-refractivity contribution >= 4 is 39.9 Å². The Balaban J connectivity index is 2.47. The van der Waals surface area contributed by atoms with Gasteiger partial charge in [0, 0.05) is 4.88 Å². The normalized spacial score (nSPS) is 10.2. The summed E-state index contributed by atoms with van der Waals surface area (Å²) < 4.78 is 1.17. The molecule has 0 aliphatic carbocycles. The number of aryl methyl sites for hydroxylation is 1. The summed E-state index contributed by atoms with van der Waals surface area (Å²) in [5.41, 5.74) is 0. The molecule has 66 valence electrons. The Labute approximate surface area is 85.1 Å². The van der Waals surface area contributed by atoms with E-state index < -0.39 is 0 Å². The molecule has 0 aromatic carbocycles. The van der Waals surface area contributed by atoms with E-state index in [9.17, 15) is 4.79 Å². The van der Waals surface area contributed by atoms with Gasteiger partial charge in [0.15, 0.2) is 0 Å². The molecule has 4 heteroatoms. The average Bonchev–Trinajstić information content (AvgIpc) is 2.48. The molecule has 0 aliphatic rings. The first kappa shape index (κ1) is 10.1. The molecule has 0 radical (unpaired) electrons. The molecule has 0 N–H and O–H groups in total. The minimum atomic E-state index is -0.286. The second-order valence-corrected chi connectivity index (χ2v) is 5.08. The Morgan fingerprint density at radius 2 is 2.42 bits per heavy atom. The van der Waals surface area contributed by atoms with Crippen molar-refractivity contribution in [1.82, 2.24) is 0 Å². The summed E-state index contributed by atoms with van der Waals surface area (Å²) in [6.45, 7) is 2.12. The fraction of sp³-hybridized carbons (Fsp3) is 0.375. The second kappa shape index (κ2) is 4.90. The standard InChI is InChI=1S/C8H9ClOS2/c1-2-6-3-4-8(12-6)11-5-7(9)10/h3-4H,2,5H2,1H3. The van der Waals surface area contributed by atoms with E-state index in [-0.39, 0.29) is 5.24 Å². The summed E-state index contributed by atoms with van der Waals surface area (Å²) in [6.07, 6.45) is 1.06. The molecule has 1 rings (SSSR count). The second-order valence-electron chi connectivity index (χ2n) is 2.22. The summed E-state index contributed by atoms with van der Waals surface area (Å²) >= 11 is 8.44. The number of rotatable bonds is 4. The number of carbonyl (C=O) groups excluding carboxylic acids is 1. The van der Waals surface area contributed by atoms with Gasteiger partial charge in [-0.15, -0.1) is 23.1 Å². The van der Waals surface area contributed by atoms with Crippen LogP contribution in [0.4, 0.5) is 0 Å². The first-order valence-corrected chi connectivity index (χ1v) is 5.80. The van der Waals surface area contributed by atoms with Crippen LogP contribution in [0.1, 0.15) is 11.8 Å². The van der Waals surface area contributed by atoms with E-state index in [1.54, 1.807) is 11.3 Å². The van der Waals surface area contributed by atoms with Crippen LogP contribution >= 0.6 is 34.7 Å². The number of thiophene rings is 1. The molecular formula is C8H9ClOS2. The molecule has 0 aliphatic heterocycles. The van der Waals surface area contributed by atoms with E-state index in [2.05, 4.69) is 13.0 Å². The minimum Gasteiger partial charge on any atom is -0.280 e. The summed E-state index contributed by atoms with van der Waals surface area (Å²) in [5, 5.41) is -0.286. The van der Waals surface area contributed by atoms with Gasteiger partial charge in [-0.05, 0) is 30.2 Å². The summed E-state index contributed by atoms with van der Waals surface area (Å²) in [5.74, 6) is 0.366. The van der Waals surface area contributed by atoms with E-state index in [0.717, 1.165) is 6.42 Å². The topological polar surface area (TPSA) is 17.1 Å². The highest BCUT2D eigenvalue weighted by atomic mass is 35.5. The molecule has 1 heterocycles. The number of hydrogen-bond acceptors (Lipinski definition) is 3. The summed E-state index contributed by atoms with van der Waals surface area (Å²) in [4.78, 5) is 11.8. The Morgan fingerprint density at radius 3 is 2.92 bits per heavy atom. The molecular weight excluding hydrogens is 212 g/mol. The van der Waals surface area contributed by atoms with E-state index >= 15 is 0 Å². The maximum absolute atomic E-state index is 10.4. The highest BCUT2D eigenvalue weighted by Crippen LogP contribution is 2.27. The molecule has 1 aromatic rings. The minimum absolute atomic E-state index is 0.286. The van der Waals surface area contributed by atoms with Crippen LogP contribution in [0.3, 0.4) is 0 Å². The van der Waals surface area contributed by atoms with Gasteiger partial charge in [-0.3, -0.25) is 4.79 Å². The molecule has 0 unspecified atom stereocenters. The third-order valence-electron chi connectivity index (χ3n) is 1.31. The maximum Gasteiger partial charge on any atom is 0.231 e. The van der Waals surface area contributed by atoms with Crippen molar-refractivity contribution in [2.24, 2.45) is 0 Å². The quantitative estimate of drug-likeness (QED) is 0.573. The molecule has 1 aromatic heterocycles. The first-order chi connectivity index (χ1) is 5.72. The fourth-order valence-corrected chi connectivity index (χ4v) is 2.75. The first-order valence-electron chi connectivity index (χ1n) is 3.62. The van der Waals surface area contributed by atoms with Crippen LogP contribution in [0.25, 0.3) is 0 Å². The zero-order valence-electron chi connectivity index (χ0n) is 6.67. The van der Waals surface area contributed by atoms with E-state index in [1.807, 2.05) is 6.07 Å². The predicted molar refractivity (Wildman–Crippen MR) is 55.3 cm³/mol. The van der Waals surface area contributed by atoms with E-state index in [4.69, 9.17) is 11.6 Å². The van der Waals surface area contributed by atoms with Gasteiger partial charge in [0.05, 0.1) is 9.96 Å². The lowest BCUT2D eigenvalue weighted by Gasteiger charge is -1.90. The Morgan fingerprint density at radius 1 is 1.67 bits per heavy atom. The zero-order valence-corrected chi connectivity index (χ0v) is 9.06. The maximum atomic E-state index is 10.4. The van der Waals surface area contributed by atoms with Crippen molar-refractivity contribution in [3.8, 4) is 0 Å². The van der Waals surface area contributed by atoms with Crippen LogP contribution in [-0.4, -0.2) is 11.0 Å². The lowest BCUT2D eigenvalue weighted by molar-refractivity contribution is -0.109. The van der Waals surface area contributed by atoms with E-state index in [1.165, 1.54) is 20.8 Å². The summed E-state index contributed by atoms with van der Waals surface area (Å²) in [7, 11) is 0. The number of carbonyl (C=O) groups is 1. The molecule has 0 saturated carbocycles. The van der Waals surface area contributed by atoms with Crippen LogP contribution in [0.5, 0.6) is 0 Å². The molecule has 0 bridgehead atoms. The third kappa shape index (κ3) is 3.17. The molecule has 0 saturated heterocycles. The van der Waals surface area contributed by atoms with Crippen LogP contribution < -0.4 is 0 Å². The van der Waals surface area contributed by atoms with Crippen LogP contribution in [0.15, 0.2) is 16.3 Å². The summed E-state index contributed by atoms with van der Waals surface area (Å²) in [6, 6.07) is 4.12. The lowest BCUT2D eigenvalue weighted by atomic mass is 10.4. The number of halogens is 1. The van der Waals surface area contributed by atoms with Gasteiger partial charge in [-0.2, -0.15) is 0 Å². The van der Waals surface area contributed by atoms with Crippen LogP contribution in [0, 0.1) is 0 Å². The monoisotopic (exact) mass is 220 g/mol. The van der Waals surface area contributed by atoms with Crippen molar-refractivity contribution in [2.45, 2.75) is 17.6 Å². The van der Waals surface area contributed by atoms with Crippen LogP contribution in [0.2, 0.25) is 0 Å². The lowest BCUT2D eigenvalue weighted by Crippen LogP contribution is -1.87. The Bertz CT molecular complexity index is 270. The number of thioether (sulfide) groups is 1. The van der Waals surface area contributed by atoms with Crippen molar-refractivity contribution in [3.05, 3.63) is 17.0 Å². The Hall–Kier alpha value is 0.01000. The largest absolute Gasteiger partial charge is 0.280 e. The predicted octanol–water partition coefficient (Wildman–Crippen LogP) is 3.17. The van der Waals surface area contributed by atoms with Crippen molar-refractivity contribution in [2.75, 3.05) is 5.75 Å². The van der Waals surface area contributed by atoms with Gasteiger partial charge in [-0.1, -0.05) is 6.92 Å². The van der Waals surface area contributed by atoms with Gasteiger partial charge in [-0.25, -0.2) is 0 Å². The SMILES string of the molecule is CCc1ccc(SCC(=O)Cl)s1. The smallest absolute Gasteiger partial charge is 0.231 e. The van der Waals surface area contributed by atoms with Crippen molar-refractivity contribution in [3.63, 3.8) is 0 Å². The van der Waals surface area contributed by atoms with Gasteiger partial charge in [0.25, 0.3) is 0 Å². The Kier molecular flexibility index (Phi) is 4.12. The van der Waals surface area contributed by atoms with Crippen molar-refractivity contribution < 1.29 is 4.79 Å². The molecule has 12 heavy (non-hydrogen) atoms. The highest BCUT2D eigenvalue weighted by Gasteiger charge is 2.01. The third-order valence-corrected chi connectivity index (χ3v) is 4.06. The highest BCUT2D eigenvalue weighted by molar-refractivity contribution is 8.01. The molecule has 0 amide bonds.